The molecule has 1 aromatic rings. The molecule has 0 bridgehead atoms. The highest BCUT2D eigenvalue weighted by Gasteiger charge is 2.14. The van der Waals surface area contributed by atoms with Gasteiger partial charge in [0, 0.05) is 24.7 Å². The van der Waals surface area contributed by atoms with Crippen LogP contribution >= 0.6 is 0 Å². The molecule has 0 radical (unpaired) electrons. The van der Waals surface area contributed by atoms with Crippen LogP contribution < -0.4 is 19.9 Å². The van der Waals surface area contributed by atoms with Crippen molar-refractivity contribution < 1.29 is 18.9 Å². The van der Waals surface area contributed by atoms with E-state index in [0.717, 1.165) is 18.7 Å². The van der Waals surface area contributed by atoms with Crippen LogP contribution in [-0.2, 0) is 11.3 Å². The van der Waals surface area contributed by atoms with Crippen LogP contribution in [0, 0.1) is 0 Å². The van der Waals surface area contributed by atoms with Crippen LogP contribution in [0.1, 0.15) is 5.56 Å². The first-order valence-electron chi connectivity index (χ1n) is 7.11. The molecule has 0 spiro atoms. The summed E-state index contributed by atoms with van der Waals surface area (Å²) in [5.41, 5.74) is 6.92. The highest BCUT2D eigenvalue weighted by atomic mass is 16.5. The first-order valence-corrected chi connectivity index (χ1v) is 7.11. The van der Waals surface area contributed by atoms with Gasteiger partial charge in [-0.2, -0.15) is 0 Å². The van der Waals surface area contributed by atoms with Gasteiger partial charge in [0.2, 0.25) is 0 Å². The number of hydrogen-bond acceptors (Lipinski definition) is 5. The minimum atomic E-state index is 0.409. The standard InChI is InChI=1S/C15H23N3O4/c1-19-12-9-14(21-3)13(20-2)8-11(12)10-17-15(16)18-4-6-22-7-5-18/h8-9H,4-7,10H2,1-3H3,(H2,16,17). The van der Waals surface area contributed by atoms with Crippen molar-refractivity contribution >= 4 is 5.96 Å². The highest BCUT2D eigenvalue weighted by Crippen LogP contribution is 2.34. The van der Waals surface area contributed by atoms with Crippen LogP contribution in [0.3, 0.4) is 0 Å². The van der Waals surface area contributed by atoms with Crippen LogP contribution in [0.5, 0.6) is 17.2 Å². The fraction of sp³-hybridized carbons (Fsp3) is 0.533. The summed E-state index contributed by atoms with van der Waals surface area (Å²) in [5, 5.41) is 0. The van der Waals surface area contributed by atoms with Crippen molar-refractivity contribution in [2.45, 2.75) is 6.54 Å². The van der Waals surface area contributed by atoms with Gasteiger partial charge in [-0.1, -0.05) is 0 Å². The lowest BCUT2D eigenvalue weighted by Crippen LogP contribution is -2.44. The topological polar surface area (TPSA) is 78.5 Å². The van der Waals surface area contributed by atoms with Crippen LogP contribution in [0.4, 0.5) is 0 Å². The second kappa shape index (κ2) is 7.74. The van der Waals surface area contributed by atoms with Crippen molar-refractivity contribution in [1.29, 1.82) is 0 Å². The van der Waals surface area contributed by atoms with Gasteiger partial charge < -0.3 is 29.6 Å². The van der Waals surface area contributed by atoms with Gasteiger partial charge in [-0.15, -0.1) is 0 Å². The molecule has 1 aliphatic rings. The number of benzene rings is 1. The summed E-state index contributed by atoms with van der Waals surface area (Å²) in [7, 11) is 4.80. The molecule has 1 aliphatic heterocycles. The monoisotopic (exact) mass is 309 g/mol. The minimum absolute atomic E-state index is 0.409. The molecular weight excluding hydrogens is 286 g/mol. The maximum atomic E-state index is 6.04. The molecule has 0 amide bonds. The van der Waals surface area contributed by atoms with Crippen molar-refractivity contribution in [3.8, 4) is 17.2 Å². The number of rotatable bonds is 5. The predicted octanol–water partition coefficient (Wildman–Crippen LogP) is 0.859. The molecule has 0 aromatic heterocycles. The number of methoxy groups -OCH3 is 3. The zero-order valence-electron chi connectivity index (χ0n) is 13.3. The van der Waals surface area contributed by atoms with Gasteiger partial charge in [-0.3, -0.25) is 0 Å². The van der Waals surface area contributed by atoms with Gasteiger partial charge in [0.05, 0.1) is 41.1 Å². The second-order valence-electron chi connectivity index (χ2n) is 4.79. The Balaban J connectivity index is 2.17. The summed E-state index contributed by atoms with van der Waals surface area (Å²) in [5.74, 6) is 2.46. The van der Waals surface area contributed by atoms with Crippen molar-refractivity contribution in [2.24, 2.45) is 10.7 Å². The Labute approximate surface area is 130 Å². The first kappa shape index (κ1) is 16.2. The van der Waals surface area contributed by atoms with Crippen LogP contribution in [0.25, 0.3) is 0 Å². The third kappa shape index (κ3) is 3.73. The molecular formula is C15H23N3O4. The maximum Gasteiger partial charge on any atom is 0.191 e. The average Bonchev–Trinajstić information content (AvgIpc) is 2.59. The highest BCUT2D eigenvalue weighted by molar-refractivity contribution is 5.78. The van der Waals surface area contributed by atoms with E-state index in [0.29, 0.717) is 43.0 Å². The summed E-state index contributed by atoms with van der Waals surface area (Å²) in [6.07, 6.45) is 0. The Bertz CT molecular complexity index is 528. The summed E-state index contributed by atoms with van der Waals surface area (Å²) in [6, 6.07) is 3.64. The summed E-state index contributed by atoms with van der Waals surface area (Å²) >= 11 is 0. The first-order chi connectivity index (χ1) is 10.7. The molecule has 22 heavy (non-hydrogen) atoms. The van der Waals surface area contributed by atoms with E-state index in [-0.39, 0.29) is 0 Å². The SMILES string of the molecule is COc1cc(OC)c(OC)cc1CN=C(N)N1CCOCC1. The number of hydrogen-bond donors (Lipinski definition) is 1. The van der Waals surface area contributed by atoms with Gasteiger partial charge in [0.25, 0.3) is 0 Å². The van der Waals surface area contributed by atoms with E-state index in [4.69, 9.17) is 24.7 Å². The smallest absolute Gasteiger partial charge is 0.191 e. The fourth-order valence-electron chi connectivity index (χ4n) is 2.27. The Morgan fingerprint density at radius 3 is 2.27 bits per heavy atom. The van der Waals surface area contributed by atoms with Crippen molar-refractivity contribution in [1.82, 2.24) is 4.90 Å². The van der Waals surface area contributed by atoms with E-state index < -0.39 is 0 Å². The normalized spacial score (nSPS) is 15.6. The predicted molar refractivity (Wildman–Crippen MR) is 83.8 cm³/mol. The minimum Gasteiger partial charge on any atom is -0.496 e. The molecule has 1 aromatic carbocycles. The van der Waals surface area contributed by atoms with Crippen molar-refractivity contribution in [3.63, 3.8) is 0 Å². The lowest BCUT2D eigenvalue weighted by atomic mass is 10.1. The van der Waals surface area contributed by atoms with Crippen molar-refractivity contribution in [3.05, 3.63) is 17.7 Å². The zero-order chi connectivity index (χ0) is 15.9. The van der Waals surface area contributed by atoms with E-state index in [9.17, 15) is 0 Å². The molecule has 0 aliphatic carbocycles. The Morgan fingerprint density at radius 2 is 1.68 bits per heavy atom. The number of nitrogens with two attached hydrogens (primary N) is 1. The number of guanidine groups is 1. The van der Waals surface area contributed by atoms with Gasteiger partial charge >= 0.3 is 0 Å². The molecule has 1 heterocycles. The molecule has 2 N–H and O–H groups in total. The lowest BCUT2D eigenvalue weighted by Gasteiger charge is -2.27. The molecule has 7 nitrogen and oxygen atoms in total. The summed E-state index contributed by atoms with van der Waals surface area (Å²) in [4.78, 5) is 6.46. The molecule has 1 saturated heterocycles. The Morgan fingerprint density at radius 1 is 1.09 bits per heavy atom. The van der Waals surface area contributed by atoms with Gasteiger partial charge in [0.15, 0.2) is 17.5 Å². The molecule has 2 rings (SSSR count). The van der Waals surface area contributed by atoms with Crippen LogP contribution in [0.15, 0.2) is 17.1 Å². The fourth-order valence-corrected chi connectivity index (χ4v) is 2.27. The number of aliphatic imine (C=N–C) groups is 1. The Hall–Kier alpha value is -2.15. The third-order valence-corrected chi connectivity index (χ3v) is 3.53. The summed E-state index contributed by atoms with van der Waals surface area (Å²) < 4.78 is 21.3. The van der Waals surface area contributed by atoms with Gasteiger partial charge in [0.1, 0.15) is 5.75 Å². The molecule has 7 heteroatoms. The van der Waals surface area contributed by atoms with E-state index in [1.807, 2.05) is 11.0 Å². The van der Waals surface area contributed by atoms with Gasteiger partial charge in [-0.05, 0) is 6.07 Å². The molecule has 122 valence electrons. The zero-order valence-corrected chi connectivity index (χ0v) is 13.3. The van der Waals surface area contributed by atoms with E-state index in [1.54, 1.807) is 27.4 Å². The van der Waals surface area contributed by atoms with Crippen molar-refractivity contribution in [2.75, 3.05) is 47.6 Å². The Kier molecular flexibility index (Phi) is 5.71. The lowest BCUT2D eigenvalue weighted by molar-refractivity contribution is 0.0674. The largest absolute Gasteiger partial charge is 0.496 e. The quantitative estimate of drug-likeness (QED) is 0.642. The maximum absolute atomic E-state index is 6.04. The van der Waals surface area contributed by atoms with Gasteiger partial charge in [-0.25, -0.2) is 4.99 Å². The molecule has 1 fully saturated rings. The number of morpholine rings is 1. The van der Waals surface area contributed by atoms with Crippen LogP contribution in [-0.4, -0.2) is 58.5 Å². The van der Waals surface area contributed by atoms with E-state index >= 15 is 0 Å². The number of ether oxygens (including phenoxy) is 4. The molecule has 0 unspecified atom stereocenters. The third-order valence-electron chi connectivity index (χ3n) is 3.53. The van der Waals surface area contributed by atoms with E-state index in [1.165, 1.54) is 0 Å². The molecule has 0 saturated carbocycles. The summed E-state index contributed by atoms with van der Waals surface area (Å²) in [6.45, 7) is 3.29. The van der Waals surface area contributed by atoms with E-state index in [2.05, 4.69) is 4.99 Å². The van der Waals surface area contributed by atoms with Crippen LogP contribution in [0.2, 0.25) is 0 Å². The number of nitrogens with zero attached hydrogens (tertiary/aromatic N) is 2. The second-order valence-corrected chi connectivity index (χ2v) is 4.79. The average molecular weight is 309 g/mol. The molecule has 0 atom stereocenters.